The molecule has 0 amide bonds. The van der Waals surface area contributed by atoms with E-state index < -0.39 is 0 Å². The van der Waals surface area contributed by atoms with Crippen molar-refractivity contribution in [2.75, 3.05) is 81.3 Å². The Morgan fingerprint density at radius 2 is 1.79 bits per heavy atom. The molecule has 2 aromatic rings. The lowest BCUT2D eigenvalue weighted by Gasteiger charge is -2.28. The number of benzene rings is 1. The van der Waals surface area contributed by atoms with Gasteiger partial charge in [0.2, 0.25) is 11.8 Å². The van der Waals surface area contributed by atoms with Crippen molar-refractivity contribution in [3.05, 3.63) is 34.3 Å². The van der Waals surface area contributed by atoms with Gasteiger partial charge < -0.3 is 29.7 Å². The monoisotopic (exact) mass is 536 g/mol. The molecule has 2 saturated heterocycles. The van der Waals surface area contributed by atoms with Crippen LogP contribution in [0.3, 0.4) is 0 Å². The second-order valence-corrected chi connectivity index (χ2v) is 9.12. The molecule has 178 valence electrons. The number of aryl methyl sites for hydroxylation is 1. The Kier molecular flexibility index (Phi) is 8.68. The van der Waals surface area contributed by atoms with Gasteiger partial charge in [0.05, 0.1) is 32.1 Å². The molecule has 1 aromatic carbocycles. The van der Waals surface area contributed by atoms with E-state index in [-0.39, 0.29) is 0 Å². The normalized spacial score (nSPS) is 17.0. The average molecular weight is 537 g/mol. The third-order valence-electron chi connectivity index (χ3n) is 5.36. The van der Waals surface area contributed by atoms with Gasteiger partial charge in [0.25, 0.3) is 0 Å². The predicted octanol–water partition coefficient (Wildman–Crippen LogP) is 2.90. The van der Waals surface area contributed by atoms with E-state index in [1.54, 1.807) is 6.07 Å². The molecule has 0 saturated carbocycles. The van der Waals surface area contributed by atoms with E-state index in [2.05, 4.69) is 46.3 Å². The van der Waals surface area contributed by atoms with Gasteiger partial charge in [-0.2, -0.15) is 9.97 Å². The van der Waals surface area contributed by atoms with Crippen LogP contribution in [0.25, 0.3) is 0 Å². The van der Waals surface area contributed by atoms with Gasteiger partial charge in [-0.1, -0.05) is 6.07 Å². The number of rotatable bonds is 7. The molecule has 0 atom stereocenters. The Morgan fingerprint density at radius 1 is 1.06 bits per heavy atom. The van der Waals surface area contributed by atoms with Crippen LogP contribution in [0.4, 0.5) is 17.5 Å². The summed E-state index contributed by atoms with van der Waals surface area (Å²) in [7, 11) is 0. The first-order chi connectivity index (χ1) is 16.1. The van der Waals surface area contributed by atoms with E-state index in [4.69, 9.17) is 26.4 Å². The summed E-state index contributed by atoms with van der Waals surface area (Å²) < 4.78 is 17.8. The first-order valence-corrected chi connectivity index (χ1v) is 12.3. The molecule has 0 radical (unpaired) electrons. The molecule has 1 aromatic heterocycles. The van der Waals surface area contributed by atoms with E-state index >= 15 is 0 Å². The van der Waals surface area contributed by atoms with E-state index in [0.29, 0.717) is 42.6 Å². The Labute approximate surface area is 207 Å². The highest BCUT2D eigenvalue weighted by atomic mass is 79.9. The van der Waals surface area contributed by atoms with Gasteiger partial charge >= 0.3 is 0 Å². The minimum atomic E-state index is 0.436. The maximum absolute atomic E-state index is 6.01. The van der Waals surface area contributed by atoms with Gasteiger partial charge in [-0.25, -0.2) is 0 Å². The second-order valence-electron chi connectivity index (χ2n) is 7.86. The zero-order valence-corrected chi connectivity index (χ0v) is 21.1. The Hall–Kier alpha value is -2.05. The fourth-order valence-electron chi connectivity index (χ4n) is 3.55. The molecule has 3 heterocycles. The molecule has 0 unspecified atom stereocenters. The topological polar surface area (TPSA) is 84.0 Å². The SMILES string of the molecule is Cc1ccc(NC(=S)Nc2cc(OCCN3CCOCC3)nc(N3CCOCC3)n2)c(Br)c1. The van der Waals surface area contributed by atoms with Crippen LogP contribution in [0.1, 0.15) is 5.56 Å². The molecule has 9 nitrogen and oxygen atoms in total. The van der Waals surface area contributed by atoms with Crippen LogP contribution in [0, 0.1) is 6.92 Å². The van der Waals surface area contributed by atoms with E-state index in [1.165, 1.54) is 0 Å². The fraction of sp³-hybridized carbons (Fsp3) is 0.500. The molecule has 2 aliphatic heterocycles. The van der Waals surface area contributed by atoms with Gasteiger partial charge in [-0.15, -0.1) is 0 Å². The van der Waals surface area contributed by atoms with Crippen molar-refractivity contribution < 1.29 is 14.2 Å². The molecule has 2 aliphatic rings. The molecular weight excluding hydrogens is 508 g/mol. The summed E-state index contributed by atoms with van der Waals surface area (Å²) in [4.78, 5) is 13.7. The summed E-state index contributed by atoms with van der Waals surface area (Å²) in [5, 5.41) is 6.82. The third kappa shape index (κ3) is 7.21. The van der Waals surface area contributed by atoms with E-state index in [0.717, 1.165) is 61.7 Å². The lowest BCUT2D eigenvalue weighted by atomic mass is 10.2. The van der Waals surface area contributed by atoms with Crippen molar-refractivity contribution in [1.82, 2.24) is 14.9 Å². The minimum Gasteiger partial charge on any atom is -0.476 e. The second kappa shape index (κ2) is 11.9. The predicted molar refractivity (Wildman–Crippen MR) is 137 cm³/mol. The number of aromatic nitrogens is 2. The fourth-order valence-corrected chi connectivity index (χ4v) is 4.36. The molecule has 2 fully saturated rings. The Balaban J connectivity index is 1.44. The van der Waals surface area contributed by atoms with Crippen molar-refractivity contribution in [3.8, 4) is 5.88 Å². The van der Waals surface area contributed by atoms with Crippen LogP contribution in [-0.2, 0) is 9.47 Å². The van der Waals surface area contributed by atoms with Crippen molar-refractivity contribution in [2.45, 2.75) is 6.92 Å². The summed E-state index contributed by atoms with van der Waals surface area (Å²) in [6.45, 7) is 9.55. The molecule has 0 bridgehead atoms. The molecule has 11 heteroatoms. The number of morpholine rings is 2. The average Bonchev–Trinajstić information content (AvgIpc) is 2.82. The zero-order valence-electron chi connectivity index (χ0n) is 18.7. The largest absolute Gasteiger partial charge is 0.476 e. The smallest absolute Gasteiger partial charge is 0.230 e. The number of hydrogen-bond acceptors (Lipinski definition) is 8. The van der Waals surface area contributed by atoms with E-state index in [1.807, 2.05) is 25.1 Å². The quantitative estimate of drug-likeness (QED) is 0.515. The number of nitrogens with one attached hydrogen (secondary N) is 2. The number of nitrogens with zero attached hydrogens (tertiary/aromatic N) is 4. The molecular formula is C22H29BrN6O3S. The van der Waals surface area contributed by atoms with Gasteiger partial charge in [-0.05, 0) is 52.8 Å². The molecule has 0 aliphatic carbocycles. The molecule has 0 spiro atoms. The number of anilines is 3. The Bertz CT molecular complexity index is 954. The Morgan fingerprint density at radius 3 is 2.52 bits per heavy atom. The molecule has 2 N–H and O–H groups in total. The van der Waals surface area contributed by atoms with Crippen LogP contribution in [-0.4, -0.2) is 85.7 Å². The highest BCUT2D eigenvalue weighted by molar-refractivity contribution is 9.10. The lowest BCUT2D eigenvalue weighted by Crippen LogP contribution is -2.39. The summed E-state index contributed by atoms with van der Waals surface area (Å²) in [5.41, 5.74) is 2.04. The lowest BCUT2D eigenvalue weighted by molar-refractivity contribution is 0.0320. The van der Waals surface area contributed by atoms with Crippen LogP contribution in [0.2, 0.25) is 0 Å². The number of hydrogen-bond donors (Lipinski definition) is 2. The van der Waals surface area contributed by atoms with Crippen molar-refractivity contribution in [1.29, 1.82) is 0 Å². The van der Waals surface area contributed by atoms with Gasteiger partial charge in [0, 0.05) is 43.3 Å². The van der Waals surface area contributed by atoms with Crippen LogP contribution in [0.5, 0.6) is 5.88 Å². The first kappa shape index (κ1) is 24.1. The summed E-state index contributed by atoms with van der Waals surface area (Å²) >= 11 is 9.10. The highest BCUT2D eigenvalue weighted by Gasteiger charge is 2.17. The van der Waals surface area contributed by atoms with Crippen molar-refractivity contribution >= 4 is 50.7 Å². The van der Waals surface area contributed by atoms with Gasteiger partial charge in [0.1, 0.15) is 12.4 Å². The number of thiocarbonyl (C=S) groups is 1. The van der Waals surface area contributed by atoms with Crippen molar-refractivity contribution in [3.63, 3.8) is 0 Å². The maximum Gasteiger partial charge on any atom is 0.230 e. The van der Waals surface area contributed by atoms with E-state index in [9.17, 15) is 0 Å². The minimum absolute atomic E-state index is 0.436. The molecule has 4 rings (SSSR count). The van der Waals surface area contributed by atoms with Gasteiger partial charge in [0.15, 0.2) is 5.11 Å². The number of halogens is 1. The van der Waals surface area contributed by atoms with Crippen LogP contribution >= 0.6 is 28.1 Å². The number of ether oxygens (including phenoxy) is 3. The highest BCUT2D eigenvalue weighted by Crippen LogP contribution is 2.24. The van der Waals surface area contributed by atoms with Crippen LogP contribution in [0.15, 0.2) is 28.7 Å². The van der Waals surface area contributed by atoms with Crippen LogP contribution < -0.4 is 20.3 Å². The zero-order chi connectivity index (χ0) is 23.0. The first-order valence-electron chi connectivity index (χ1n) is 11.1. The van der Waals surface area contributed by atoms with Gasteiger partial charge in [-0.3, -0.25) is 4.90 Å². The summed E-state index contributed by atoms with van der Waals surface area (Å²) in [6, 6.07) is 7.82. The van der Waals surface area contributed by atoms with Crippen molar-refractivity contribution in [2.24, 2.45) is 0 Å². The summed E-state index contributed by atoms with van der Waals surface area (Å²) in [5.74, 6) is 1.69. The maximum atomic E-state index is 6.01. The molecule has 33 heavy (non-hydrogen) atoms. The standard InChI is InChI=1S/C22H29BrN6O3S/c1-16-2-3-18(17(23)14-16)24-22(33)26-19-15-20(32-13-6-28-4-9-30-10-5-28)27-21(25-19)29-7-11-31-12-8-29/h2-3,14-15H,4-13H2,1H3,(H2,24,25,26,27,33). The third-order valence-corrected chi connectivity index (χ3v) is 6.22. The summed E-state index contributed by atoms with van der Waals surface area (Å²) in [6.07, 6.45) is 0.